The van der Waals surface area contributed by atoms with Crippen LogP contribution in [-0.2, 0) is 122 Å². The number of carbonyl (C=O) groups excluding carboxylic acids is 13. The number of carboxylic acid groups (broad SMARTS) is 5. The summed E-state index contributed by atoms with van der Waals surface area (Å²) in [7, 11) is -7.72. The molecule has 0 aromatic heterocycles. The molecule has 135 heavy (non-hydrogen) atoms. The van der Waals surface area contributed by atoms with Gasteiger partial charge < -0.3 is 104 Å². The first kappa shape index (κ1) is 113. The van der Waals surface area contributed by atoms with Crippen molar-refractivity contribution in [3.05, 3.63) is 95.8 Å². The van der Waals surface area contributed by atoms with E-state index in [1.807, 2.05) is 62.3 Å². The normalized spacial score (nSPS) is 16.5. The molecule has 0 aliphatic carbocycles. The van der Waals surface area contributed by atoms with E-state index in [0.29, 0.717) is 49.2 Å². The van der Waals surface area contributed by atoms with Gasteiger partial charge >= 0.3 is 29.8 Å². The van der Waals surface area contributed by atoms with Gasteiger partial charge in [-0.1, -0.05) is 64.5 Å². The van der Waals surface area contributed by atoms with E-state index in [2.05, 4.69) is 63.8 Å². The largest absolute Gasteiger partial charge is 0.481 e. The Morgan fingerprint density at radius 2 is 0.993 bits per heavy atom. The van der Waals surface area contributed by atoms with Gasteiger partial charge in [0.15, 0.2) is 5.71 Å². The van der Waals surface area contributed by atoms with Gasteiger partial charge in [-0.05, 0) is 146 Å². The molecule has 9 atom stereocenters. The molecule has 0 unspecified atom stereocenters. The number of rotatable bonds is 58. The zero-order valence-corrected chi connectivity index (χ0v) is 79.2. The summed E-state index contributed by atoms with van der Waals surface area (Å²) >= 11 is 1.20. The Morgan fingerprint density at radius 1 is 0.526 bits per heavy atom. The van der Waals surface area contributed by atoms with Crippen LogP contribution in [0.5, 0.6) is 0 Å². The van der Waals surface area contributed by atoms with Gasteiger partial charge in [0, 0.05) is 105 Å². The molecule has 3 aliphatic rings. The maximum Gasteiger partial charge on any atom is 0.303 e. The van der Waals surface area contributed by atoms with E-state index in [1.165, 1.54) is 54.9 Å². The maximum atomic E-state index is 14.3. The SMILES string of the molecule is CC[N+]1=C(/C=C/C=C/C=C/C=C2/N(CCCCCC(=O)N[C@H](CCC(=O)O)C(=O)N[C@H](CCC(=O)O)C(=O)N[C@H](CCC(=O)O)C(=O)N[C@H](CCC(=O)O)C(=O)N[C@H](CCC(=O)O)C(=O)NCCOCC(=O)N3CCC[C@H]3C(=O)N[C@@H](CC(C)C)C(=O)NCC(=O)N[C@@H](CSC)C(=O)N[C@@H](C)C(=O)NCC(=O)NC)c3ccc(S(=O)(=O)O)cc3C2(C)C)C(C)(C)c2cc(S(=O)(=O)O)ccc21. The summed E-state index contributed by atoms with van der Waals surface area (Å²) in [4.78, 5) is 238. The number of benzene rings is 2. The molecule has 0 bridgehead atoms. The van der Waals surface area contributed by atoms with Crippen LogP contribution in [0.2, 0.25) is 0 Å². The zero-order chi connectivity index (χ0) is 101. The molecule has 5 rings (SSSR count). The van der Waals surface area contributed by atoms with Crippen LogP contribution in [0.25, 0.3) is 0 Å². The number of hydrogen-bond donors (Lipinski definition) is 19. The molecule has 1 saturated heterocycles. The fourth-order valence-corrected chi connectivity index (χ4v) is 16.6. The first-order chi connectivity index (χ1) is 63.4. The third kappa shape index (κ3) is 36.0. The van der Waals surface area contributed by atoms with Gasteiger partial charge in [-0.15, -0.1) is 0 Å². The van der Waals surface area contributed by atoms with E-state index >= 15 is 0 Å². The highest BCUT2D eigenvalue weighted by Crippen LogP contribution is 2.49. The summed E-state index contributed by atoms with van der Waals surface area (Å²) in [6.07, 6.45) is 7.89. The number of likely N-dealkylation sites (N-methyl/N-ethyl adjacent to an activating group) is 1. The molecule has 2 aromatic rings. The summed E-state index contributed by atoms with van der Waals surface area (Å²) in [5.41, 5.74) is 2.81. The van der Waals surface area contributed by atoms with Crippen LogP contribution in [0.1, 0.15) is 176 Å². The Kier molecular flexibility index (Phi) is 44.8. The molecular weight excluding hydrogens is 1830 g/mol. The van der Waals surface area contributed by atoms with Crippen molar-refractivity contribution in [1.82, 2.24) is 68.7 Å². The smallest absolute Gasteiger partial charge is 0.303 e. The number of hydrogen-bond acceptors (Lipinski definition) is 25. The molecule has 1 fully saturated rings. The molecule has 3 heterocycles. The highest BCUT2D eigenvalue weighted by atomic mass is 32.2. The number of anilines is 1. The lowest BCUT2D eigenvalue weighted by Gasteiger charge is -2.27. The number of unbranched alkanes of at least 4 members (excludes halogenated alkanes) is 2. The Hall–Kier alpha value is -12.5. The topological polar surface area (TPSA) is 680 Å². The molecule has 744 valence electrons. The van der Waals surface area contributed by atoms with Crippen LogP contribution >= 0.6 is 11.8 Å². The van der Waals surface area contributed by atoms with Crippen LogP contribution in [-0.4, -0.2) is 299 Å². The van der Waals surface area contributed by atoms with Crippen LogP contribution in [0.3, 0.4) is 0 Å². The lowest BCUT2D eigenvalue weighted by Crippen LogP contribution is -2.59. The minimum Gasteiger partial charge on any atom is -0.481 e. The predicted molar refractivity (Wildman–Crippen MR) is 487 cm³/mol. The van der Waals surface area contributed by atoms with Gasteiger partial charge in [-0.3, -0.25) is 95.4 Å². The van der Waals surface area contributed by atoms with Crippen molar-refractivity contribution in [2.24, 2.45) is 5.92 Å². The minimum atomic E-state index is -4.63. The Bertz CT molecular complexity index is 5110. The molecular formula is C87H124N15O30S3+. The highest BCUT2D eigenvalue weighted by Gasteiger charge is 2.46. The van der Waals surface area contributed by atoms with Crippen molar-refractivity contribution < 1.29 is 147 Å². The fourth-order valence-electron chi connectivity index (χ4n) is 15.1. The highest BCUT2D eigenvalue weighted by molar-refractivity contribution is 7.98. The summed E-state index contributed by atoms with van der Waals surface area (Å²) < 4.78 is 76.2. The van der Waals surface area contributed by atoms with Gasteiger partial charge in [0.1, 0.15) is 67.5 Å². The number of fused-ring (bicyclic) bond motifs is 2. The summed E-state index contributed by atoms with van der Waals surface area (Å²) in [6.45, 7) is 12.9. The van der Waals surface area contributed by atoms with E-state index in [9.17, 15) is 138 Å². The lowest BCUT2D eigenvalue weighted by atomic mass is 9.81. The molecule has 3 aliphatic heterocycles. The van der Waals surface area contributed by atoms with Crippen molar-refractivity contribution in [2.75, 3.05) is 76.4 Å². The standard InChI is InChI=1S/C87H123N15O30S3/c1-11-100-63-32-25-52(134(126,127)128)44-54(63)86(5,6)66(100)22-16-13-12-14-17-23-67-87(7,8)55-45-53(135(129,130)131)26-33-64(55)101(67)40-19-15-18-24-68(103)93-57(28-35-73(109)110)80(120)96-59(30-37-75(113)114)82(122)98-60(31-38-76(115)116)83(123)97-58(29-36-74(111)112)81(121)95-56(27-34-72(107)108)78(118)89-39-42-132-48-71(106)102-41-20-21-65(102)85(125)99-61(43-50(2)3)79(119)91-47-70(105)94-62(49-133-10)84(124)92-51(4)77(117)90-46-69(104)88-9/h12-14,16-17,22-23,25-26,32-33,44-45,50-51,56-62,65H,11,15,18-21,24,27-31,34-43,46-49H2,1-10H3,(H18-,88,89,90,91,92,93,94,95,96,97,98,99,103,104,105,107,108,109,110,111,112,113,114,115,116,117,118,119,120,121,122,123,124,125,126,127,128,129,130,131)/p+1/t51-,56+,57+,58+,59+,60+,61-,62-,65-/m0/s1. The number of thioether (sulfide) groups is 1. The third-order valence-electron chi connectivity index (χ3n) is 22.1. The van der Waals surface area contributed by atoms with Crippen molar-refractivity contribution in [3.63, 3.8) is 0 Å². The van der Waals surface area contributed by atoms with Crippen molar-refractivity contribution in [2.45, 2.75) is 240 Å². The van der Waals surface area contributed by atoms with Gasteiger partial charge in [-0.25, -0.2) is 0 Å². The number of amides is 13. The van der Waals surface area contributed by atoms with E-state index in [0.717, 1.165) is 17.1 Å². The maximum absolute atomic E-state index is 14.3. The molecule has 19 N–H and O–H groups in total. The monoisotopic (exact) mass is 1950 g/mol. The predicted octanol–water partition coefficient (Wildman–Crippen LogP) is 0.220. The van der Waals surface area contributed by atoms with Crippen molar-refractivity contribution in [3.8, 4) is 0 Å². The summed E-state index contributed by atoms with van der Waals surface area (Å²) in [5.74, 6) is -19.5. The number of aliphatic carboxylic acids is 5. The van der Waals surface area contributed by atoms with Crippen LogP contribution in [0, 0.1) is 5.92 Å². The lowest BCUT2D eigenvalue weighted by molar-refractivity contribution is -0.433. The molecule has 13 amide bonds. The third-order valence-corrected chi connectivity index (χ3v) is 24.5. The van der Waals surface area contributed by atoms with Gasteiger partial charge in [0.25, 0.3) is 20.2 Å². The number of nitrogens with one attached hydrogen (secondary N) is 12. The average molecular weight is 1960 g/mol. The molecule has 45 nitrogen and oxygen atoms in total. The van der Waals surface area contributed by atoms with E-state index < -0.39 is 283 Å². The van der Waals surface area contributed by atoms with Crippen LogP contribution < -0.4 is 68.7 Å². The van der Waals surface area contributed by atoms with Gasteiger partial charge in [0.2, 0.25) is 82.5 Å². The second-order valence-electron chi connectivity index (χ2n) is 33.6. The van der Waals surface area contributed by atoms with Gasteiger partial charge in [0.05, 0.1) is 34.9 Å². The van der Waals surface area contributed by atoms with E-state index in [1.54, 1.807) is 56.5 Å². The average Bonchev–Trinajstić information content (AvgIpc) is 1.59. The molecule has 48 heteroatoms. The van der Waals surface area contributed by atoms with Crippen LogP contribution in [0.15, 0.2) is 94.4 Å². The van der Waals surface area contributed by atoms with Crippen molar-refractivity contribution >= 4 is 156 Å². The minimum absolute atomic E-state index is 0.0635. The summed E-state index contributed by atoms with van der Waals surface area (Å²) in [5, 5.41) is 77.1. The number of ether oxygens (including phenoxy) is 1. The first-order valence-corrected chi connectivity index (χ1v) is 47.9. The Morgan fingerprint density at radius 3 is 1.50 bits per heavy atom. The molecule has 0 saturated carbocycles. The number of carbonyl (C=O) groups is 18. The molecule has 0 spiro atoms. The van der Waals surface area contributed by atoms with Crippen molar-refractivity contribution in [1.29, 1.82) is 0 Å². The van der Waals surface area contributed by atoms with E-state index in [4.69, 9.17) is 4.74 Å². The second kappa shape index (κ2) is 53.5. The first-order valence-electron chi connectivity index (χ1n) is 43.6. The fraction of sp³-hybridized carbons (Fsp3) is 0.552. The molecule has 2 aromatic carbocycles. The quantitative estimate of drug-likeness (QED) is 0.0182. The number of nitrogens with zero attached hydrogens (tertiary/aromatic N) is 3. The Balaban J connectivity index is 1.21. The van der Waals surface area contributed by atoms with E-state index in [-0.39, 0.29) is 60.2 Å². The second-order valence-corrected chi connectivity index (χ2v) is 37.3. The molecule has 0 radical (unpaired) electrons. The van der Waals surface area contributed by atoms with Gasteiger partial charge in [-0.2, -0.15) is 33.2 Å². The van der Waals surface area contributed by atoms with Crippen LogP contribution in [0.4, 0.5) is 11.4 Å². The number of carboxylic acids is 5. The number of likely N-dealkylation sites (tertiary alicyclic amines) is 1. The zero-order valence-electron chi connectivity index (χ0n) is 76.8. The number of allylic oxidation sites excluding steroid dienone is 8. The summed E-state index contributed by atoms with van der Waals surface area (Å²) in [6, 6.07) is -5.30. The Labute approximate surface area is 785 Å².